The van der Waals surface area contributed by atoms with Crippen molar-refractivity contribution in [3.63, 3.8) is 0 Å². The number of nitrogens with one attached hydrogen (secondary N) is 1. The second-order valence-electron chi connectivity index (χ2n) is 10.8. The topological polar surface area (TPSA) is 88.3 Å². The van der Waals surface area contributed by atoms with Crippen LogP contribution in [0.4, 0.5) is 16.0 Å². The number of halogens is 3. The molecule has 2 N–H and O–H groups in total. The van der Waals surface area contributed by atoms with Crippen LogP contribution in [-0.4, -0.2) is 74.4 Å². The number of aromatic nitrogens is 4. The Bertz CT molecular complexity index is 1320. The Morgan fingerprint density at radius 1 is 1.17 bits per heavy atom. The van der Waals surface area contributed by atoms with Gasteiger partial charge in [-0.15, -0.1) is 0 Å². The number of hydrogen-bond acceptors (Lipinski definition) is 7. The van der Waals surface area contributed by atoms with E-state index in [0.29, 0.717) is 53.5 Å². The Morgan fingerprint density at radius 3 is 2.69 bits per heavy atom. The van der Waals surface area contributed by atoms with Gasteiger partial charge in [0.15, 0.2) is 5.15 Å². The van der Waals surface area contributed by atoms with Gasteiger partial charge in [0, 0.05) is 29.1 Å². The van der Waals surface area contributed by atoms with E-state index in [0.717, 1.165) is 36.1 Å². The van der Waals surface area contributed by atoms with Crippen molar-refractivity contribution in [2.45, 2.75) is 55.5 Å². The van der Waals surface area contributed by atoms with Crippen LogP contribution in [0.3, 0.4) is 0 Å². The number of likely N-dealkylation sites (tertiary alicyclic amines) is 1. The van der Waals surface area contributed by atoms with Crippen molar-refractivity contribution in [1.82, 2.24) is 24.6 Å². The standard InChI is InChI=1S/C25H27Cl2FN6O2/c26-17-3-14-8-29-24(32-20-9-30-34(23(20)27)25-5-13(6-25)7-25)31-19(14)4-16(17)15-1-2-33(10-18(15)28)21-11-36-12-22(21)35/h3-4,8-9,13,15,18,21-22,35H,1-2,5-7,10-12H2,(H,29,31,32)/t13?,15-,18+,21-,22?,25?/m1/s1. The zero-order chi connectivity index (χ0) is 24.6. The van der Waals surface area contributed by atoms with Crippen molar-refractivity contribution in [3.05, 3.63) is 40.3 Å². The van der Waals surface area contributed by atoms with Crippen LogP contribution in [0.15, 0.2) is 24.5 Å². The maximum absolute atomic E-state index is 15.4. The molecule has 5 fully saturated rings. The highest BCUT2D eigenvalue weighted by Gasteiger charge is 2.59. The van der Waals surface area contributed by atoms with Gasteiger partial charge in [0.2, 0.25) is 5.95 Å². The number of aliphatic hydroxyl groups excluding tert-OH is 1. The minimum atomic E-state index is -1.11. The van der Waals surface area contributed by atoms with E-state index in [1.54, 1.807) is 18.5 Å². The first-order chi connectivity index (χ1) is 17.4. The average Bonchev–Trinajstić information content (AvgIpc) is 3.38. The third-order valence-corrected chi connectivity index (χ3v) is 9.26. The van der Waals surface area contributed by atoms with Gasteiger partial charge in [-0.2, -0.15) is 5.10 Å². The molecule has 2 aliphatic heterocycles. The number of nitrogens with zero attached hydrogens (tertiary/aromatic N) is 5. The Morgan fingerprint density at radius 2 is 2.00 bits per heavy atom. The molecule has 3 aromatic rings. The van der Waals surface area contributed by atoms with Crippen LogP contribution in [0.1, 0.15) is 37.2 Å². The van der Waals surface area contributed by atoms with Crippen LogP contribution >= 0.6 is 23.2 Å². The van der Waals surface area contributed by atoms with E-state index in [1.807, 2.05) is 15.6 Å². The molecular weight excluding hydrogens is 506 g/mol. The molecule has 5 aliphatic rings. The van der Waals surface area contributed by atoms with Crippen molar-refractivity contribution in [3.8, 4) is 0 Å². The molecule has 0 radical (unpaired) electrons. The third-order valence-electron chi connectivity index (χ3n) is 8.57. The molecule has 36 heavy (non-hydrogen) atoms. The number of rotatable bonds is 5. The summed E-state index contributed by atoms with van der Waals surface area (Å²) in [4.78, 5) is 11.1. The highest BCUT2D eigenvalue weighted by Crippen LogP contribution is 2.63. The average molecular weight is 533 g/mol. The SMILES string of the molecule is OC1COC[C@H]1N1CC[C@H](c2cc3nc(Nc4cnn(C56CC(C5)C6)c4Cl)ncc3cc2Cl)[C@@H](F)C1. The van der Waals surface area contributed by atoms with E-state index in [-0.39, 0.29) is 24.0 Å². The van der Waals surface area contributed by atoms with Crippen molar-refractivity contribution in [2.24, 2.45) is 5.92 Å². The van der Waals surface area contributed by atoms with Gasteiger partial charge in [0.1, 0.15) is 6.17 Å². The van der Waals surface area contributed by atoms with Gasteiger partial charge in [-0.05, 0) is 55.8 Å². The van der Waals surface area contributed by atoms with Crippen LogP contribution in [0, 0.1) is 5.92 Å². The summed E-state index contributed by atoms with van der Waals surface area (Å²) in [6.07, 6.45) is 5.79. The molecule has 8 rings (SSSR count). The second kappa shape index (κ2) is 8.49. The number of fused-ring (bicyclic) bond motifs is 1. The van der Waals surface area contributed by atoms with Gasteiger partial charge >= 0.3 is 0 Å². The first kappa shape index (κ1) is 23.1. The first-order valence-corrected chi connectivity index (χ1v) is 13.3. The van der Waals surface area contributed by atoms with Crippen LogP contribution in [-0.2, 0) is 10.3 Å². The molecule has 1 unspecified atom stereocenters. The molecule has 4 heterocycles. The normalized spacial score (nSPS) is 33.9. The van der Waals surface area contributed by atoms with E-state index >= 15 is 4.39 Å². The molecule has 0 amide bonds. The smallest absolute Gasteiger partial charge is 0.227 e. The van der Waals surface area contributed by atoms with E-state index in [2.05, 4.69) is 20.4 Å². The summed E-state index contributed by atoms with van der Waals surface area (Å²) in [6, 6.07) is 3.53. The molecule has 0 spiro atoms. The minimum absolute atomic E-state index is 0.0962. The lowest BCUT2D eigenvalue weighted by molar-refractivity contribution is -0.0975. The zero-order valence-electron chi connectivity index (χ0n) is 19.6. The van der Waals surface area contributed by atoms with E-state index in [9.17, 15) is 5.11 Å². The molecule has 190 valence electrons. The number of ether oxygens (including phenoxy) is 1. The zero-order valence-corrected chi connectivity index (χ0v) is 21.1. The summed E-state index contributed by atoms with van der Waals surface area (Å²) in [5.74, 6) is 0.882. The quantitative estimate of drug-likeness (QED) is 0.507. The fraction of sp³-hybridized carbons (Fsp3) is 0.560. The summed E-state index contributed by atoms with van der Waals surface area (Å²) in [5.41, 5.74) is 2.20. The van der Waals surface area contributed by atoms with Gasteiger partial charge in [-0.3, -0.25) is 4.90 Å². The summed E-state index contributed by atoms with van der Waals surface area (Å²) in [5, 5.41) is 19.7. The summed E-state index contributed by atoms with van der Waals surface area (Å²) >= 11 is 13.2. The maximum Gasteiger partial charge on any atom is 0.227 e. The minimum Gasteiger partial charge on any atom is -0.389 e. The molecule has 3 aliphatic carbocycles. The van der Waals surface area contributed by atoms with Crippen LogP contribution in [0.25, 0.3) is 10.9 Å². The Kier molecular flexibility index (Phi) is 5.45. The van der Waals surface area contributed by atoms with Crippen LogP contribution < -0.4 is 5.32 Å². The van der Waals surface area contributed by atoms with Crippen LogP contribution in [0.2, 0.25) is 10.2 Å². The lowest BCUT2D eigenvalue weighted by atomic mass is 9.50. The molecule has 3 saturated carbocycles. The molecule has 8 nitrogen and oxygen atoms in total. The Hall–Kier alpha value is -2.04. The van der Waals surface area contributed by atoms with Crippen LogP contribution in [0.5, 0.6) is 0 Å². The second-order valence-corrected chi connectivity index (χ2v) is 11.6. The fourth-order valence-electron chi connectivity index (χ4n) is 6.43. The van der Waals surface area contributed by atoms with Crippen molar-refractivity contribution >= 4 is 45.7 Å². The lowest BCUT2D eigenvalue weighted by Gasteiger charge is -2.61. The summed E-state index contributed by atoms with van der Waals surface area (Å²) < 4.78 is 22.7. The number of aliphatic hydroxyl groups is 1. The van der Waals surface area contributed by atoms with E-state index in [4.69, 9.17) is 27.9 Å². The predicted molar refractivity (Wildman–Crippen MR) is 135 cm³/mol. The van der Waals surface area contributed by atoms with E-state index in [1.165, 1.54) is 0 Å². The van der Waals surface area contributed by atoms with Crippen molar-refractivity contribution in [2.75, 3.05) is 31.6 Å². The van der Waals surface area contributed by atoms with Gasteiger partial charge in [0.25, 0.3) is 0 Å². The highest BCUT2D eigenvalue weighted by atomic mass is 35.5. The number of benzene rings is 1. The largest absolute Gasteiger partial charge is 0.389 e. The number of piperidine rings is 1. The molecule has 1 aromatic carbocycles. The van der Waals surface area contributed by atoms with Crippen molar-refractivity contribution < 1.29 is 14.2 Å². The number of anilines is 2. The lowest BCUT2D eigenvalue weighted by Crippen LogP contribution is -2.59. The monoisotopic (exact) mass is 532 g/mol. The Labute approximate surface area is 217 Å². The summed E-state index contributed by atoms with van der Waals surface area (Å²) in [6.45, 7) is 1.66. The number of hydrogen-bond donors (Lipinski definition) is 2. The third kappa shape index (κ3) is 3.62. The predicted octanol–water partition coefficient (Wildman–Crippen LogP) is 4.27. The van der Waals surface area contributed by atoms with Gasteiger partial charge in [0.05, 0.1) is 48.3 Å². The molecular formula is C25H27Cl2FN6O2. The first-order valence-electron chi connectivity index (χ1n) is 12.5. The molecule has 2 aromatic heterocycles. The van der Waals surface area contributed by atoms with Gasteiger partial charge < -0.3 is 15.2 Å². The Balaban J connectivity index is 1.12. The highest BCUT2D eigenvalue weighted by molar-refractivity contribution is 6.32. The maximum atomic E-state index is 15.4. The molecule has 2 saturated heterocycles. The van der Waals surface area contributed by atoms with E-state index < -0.39 is 12.3 Å². The van der Waals surface area contributed by atoms with Crippen molar-refractivity contribution in [1.29, 1.82) is 0 Å². The number of alkyl halides is 1. The van der Waals surface area contributed by atoms with Gasteiger partial charge in [-0.25, -0.2) is 19.0 Å². The molecule has 4 atom stereocenters. The molecule has 11 heteroatoms. The van der Waals surface area contributed by atoms with Gasteiger partial charge in [-0.1, -0.05) is 23.2 Å². The fourth-order valence-corrected chi connectivity index (χ4v) is 7.06. The summed E-state index contributed by atoms with van der Waals surface area (Å²) in [7, 11) is 0. The molecule has 2 bridgehead atoms.